The van der Waals surface area contributed by atoms with Crippen LogP contribution in [0.4, 0.5) is 5.82 Å². The van der Waals surface area contributed by atoms with E-state index in [1.54, 1.807) is 0 Å². The third-order valence-electron chi connectivity index (χ3n) is 3.36. The van der Waals surface area contributed by atoms with E-state index in [2.05, 4.69) is 45.3 Å². The number of halogens is 1. The van der Waals surface area contributed by atoms with Crippen LogP contribution in [0.5, 0.6) is 0 Å². The molecule has 1 N–H and O–H groups in total. The van der Waals surface area contributed by atoms with E-state index in [0.717, 1.165) is 40.3 Å². The number of benzene rings is 1. The summed E-state index contributed by atoms with van der Waals surface area (Å²) in [5, 5.41) is 3.38. The first-order valence-electron chi connectivity index (χ1n) is 7.15. The highest BCUT2D eigenvalue weighted by molar-refractivity contribution is 9.10. The molecule has 0 saturated heterocycles. The maximum atomic E-state index is 4.74. The molecule has 2 aromatic rings. The molecule has 3 rings (SSSR count). The van der Waals surface area contributed by atoms with Gasteiger partial charge in [-0.25, -0.2) is 9.97 Å². The zero-order valence-corrected chi connectivity index (χ0v) is 13.2. The van der Waals surface area contributed by atoms with Gasteiger partial charge in [-0.2, -0.15) is 0 Å². The zero-order valence-electron chi connectivity index (χ0n) is 11.6. The van der Waals surface area contributed by atoms with Gasteiger partial charge >= 0.3 is 0 Å². The largest absolute Gasteiger partial charge is 0.370 e. The Kier molecular flexibility index (Phi) is 4.01. The van der Waals surface area contributed by atoms with E-state index in [-0.39, 0.29) is 0 Å². The lowest BCUT2D eigenvalue weighted by molar-refractivity contribution is 0.911. The Morgan fingerprint density at radius 2 is 2.10 bits per heavy atom. The average Bonchev–Trinajstić information content (AvgIpc) is 3.29. The molecule has 0 atom stereocenters. The van der Waals surface area contributed by atoms with E-state index in [1.807, 2.05) is 18.2 Å². The minimum absolute atomic E-state index is 0.560. The summed E-state index contributed by atoms with van der Waals surface area (Å²) in [4.78, 5) is 9.39. The van der Waals surface area contributed by atoms with Gasteiger partial charge in [0, 0.05) is 28.6 Å². The van der Waals surface area contributed by atoms with Gasteiger partial charge in [-0.05, 0) is 31.4 Å². The fourth-order valence-corrected chi connectivity index (χ4v) is 2.53. The lowest BCUT2D eigenvalue weighted by Gasteiger charge is -2.09. The third kappa shape index (κ3) is 3.18. The fourth-order valence-electron chi connectivity index (χ4n) is 2.13. The minimum atomic E-state index is 0.560. The van der Waals surface area contributed by atoms with E-state index in [1.165, 1.54) is 12.8 Å². The first-order chi connectivity index (χ1) is 9.76. The van der Waals surface area contributed by atoms with Gasteiger partial charge in [-0.3, -0.25) is 0 Å². The highest BCUT2D eigenvalue weighted by atomic mass is 79.9. The van der Waals surface area contributed by atoms with Crippen LogP contribution in [-0.2, 0) is 0 Å². The molecule has 0 bridgehead atoms. The van der Waals surface area contributed by atoms with E-state index >= 15 is 0 Å². The van der Waals surface area contributed by atoms with Crippen molar-refractivity contribution in [1.82, 2.24) is 9.97 Å². The molecule has 0 spiro atoms. The molecule has 0 aliphatic heterocycles. The maximum absolute atomic E-state index is 4.74. The van der Waals surface area contributed by atoms with Crippen LogP contribution < -0.4 is 5.32 Å². The van der Waals surface area contributed by atoms with Crippen LogP contribution in [0.2, 0.25) is 0 Å². The summed E-state index contributed by atoms with van der Waals surface area (Å²) >= 11 is 3.52. The maximum Gasteiger partial charge on any atom is 0.134 e. The molecule has 1 heterocycles. The molecular weight excluding hydrogens is 314 g/mol. The van der Waals surface area contributed by atoms with Crippen molar-refractivity contribution in [2.24, 2.45) is 0 Å². The zero-order chi connectivity index (χ0) is 13.9. The number of rotatable bonds is 5. The number of aromatic nitrogens is 2. The van der Waals surface area contributed by atoms with Gasteiger partial charge in [-0.15, -0.1) is 0 Å². The molecule has 0 amide bonds. The monoisotopic (exact) mass is 331 g/mol. The Hall–Kier alpha value is -1.42. The minimum Gasteiger partial charge on any atom is -0.370 e. The van der Waals surface area contributed by atoms with Gasteiger partial charge in [0.1, 0.15) is 11.6 Å². The predicted molar refractivity (Wildman–Crippen MR) is 85.9 cm³/mol. The summed E-state index contributed by atoms with van der Waals surface area (Å²) in [6.07, 6.45) is 3.53. The predicted octanol–water partition coefficient (Wildman–Crippen LogP) is 4.61. The van der Waals surface area contributed by atoms with Gasteiger partial charge in [0.05, 0.1) is 5.69 Å². The van der Waals surface area contributed by atoms with E-state index < -0.39 is 0 Å². The van der Waals surface area contributed by atoms with Gasteiger partial charge < -0.3 is 5.32 Å². The van der Waals surface area contributed by atoms with Gasteiger partial charge in [0.2, 0.25) is 0 Å². The van der Waals surface area contributed by atoms with Crippen molar-refractivity contribution < 1.29 is 0 Å². The van der Waals surface area contributed by atoms with Crippen LogP contribution in [0.15, 0.2) is 34.8 Å². The molecule has 104 valence electrons. The lowest BCUT2D eigenvalue weighted by atomic mass is 10.1. The summed E-state index contributed by atoms with van der Waals surface area (Å²) in [5.74, 6) is 2.49. The Morgan fingerprint density at radius 3 is 2.80 bits per heavy atom. The van der Waals surface area contributed by atoms with Crippen molar-refractivity contribution in [3.05, 3.63) is 40.6 Å². The van der Waals surface area contributed by atoms with E-state index in [4.69, 9.17) is 4.98 Å². The first-order valence-corrected chi connectivity index (χ1v) is 7.94. The van der Waals surface area contributed by atoms with Crippen LogP contribution in [0.3, 0.4) is 0 Å². The number of nitrogens with zero attached hydrogens (tertiary/aromatic N) is 2. The first kappa shape index (κ1) is 13.6. The quantitative estimate of drug-likeness (QED) is 0.869. The number of hydrogen-bond donors (Lipinski definition) is 1. The van der Waals surface area contributed by atoms with Crippen LogP contribution >= 0.6 is 15.9 Å². The summed E-state index contributed by atoms with van der Waals surface area (Å²) in [6, 6.07) is 10.3. The van der Waals surface area contributed by atoms with Crippen LogP contribution in [0, 0.1) is 0 Å². The molecule has 3 nitrogen and oxygen atoms in total. The number of nitrogens with one attached hydrogen (secondary N) is 1. The average molecular weight is 332 g/mol. The van der Waals surface area contributed by atoms with Gasteiger partial charge in [-0.1, -0.05) is 35.0 Å². The summed E-state index contributed by atoms with van der Waals surface area (Å²) in [6.45, 7) is 3.10. The highest BCUT2D eigenvalue weighted by Gasteiger charge is 2.27. The van der Waals surface area contributed by atoms with Crippen molar-refractivity contribution >= 4 is 21.7 Å². The van der Waals surface area contributed by atoms with Crippen LogP contribution in [0.25, 0.3) is 11.3 Å². The van der Waals surface area contributed by atoms with Crippen molar-refractivity contribution in [1.29, 1.82) is 0 Å². The molecule has 1 aliphatic carbocycles. The van der Waals surface area contributed by atoms with Crippen molar-refractivity contribution in [2.75, 3.05) is 11.9 Å². The summed E-state index contributed by atoms with van der Waals surface area (Å²) in [7, 11) is 0. The van der Waals surface area contributed by atoms with Gasteiger partial charge in [0.25, 0.3) is 0 Å². The Bertz CT molecular complexity index is 608. The van der Waals surface area contributed by atoms with E-state index in [9.17, 15) is 0 Å². The molecule has 1 fully saturated rings. The Balaban J connectivity index is 1.98. The highest BCUT2D eigenvalue weighted by Crippen LogP contribution is 2.39. The molecule has 20 heavy (non-hydrogen) atoms. The number of anilines is 1. The lowest BCUT2D eigenvalue weighted by Crippen LogP contribution is -2.05. The standard InChI is InChI=1S/C16H18BrN3/c1-2-8-18-15-10-14(12-4-3-5-13(17)9-12)19-16(20-15)11-6-7-11/h3-5,9-11H,2,6-8H2,1H3,(H,18,19,20). The smallest absolute Gasteiger partial charge is 0.134 e. The van der Waals surface area contributed by atoms with Crippen molar-refractivity contribution in [2.45, 2.75) is 32.1 Å². The second-order valence-electron chi connectivity index (χ2n) is 5.21. The Morgan fingerprint density at radius 1 is 1.25 bits per heavy atom. The Labute approximate surface area is 128 Å². The SMILES string of the molecule is CCCNc1cc(-c2cccc(Br)c2)nc(C2CC2)n1. The van der Waals surface area contributed by atoms with Crippen LogP contribution in [-0.4, -0.2) is 16.5 Å². The normalized spacial score (nSPS) is 14.3. The molecule has 1 aliphatic rings. The van der Waals surface area contributed by atoms with Crippen LogP contribution in [0.1, 0.15) is 37.9 Å². The fraction of sp³-hybridized carbons (Fsp3) is 0.375. The van der Waals surface area contributed by atoms with Crippen molar-refractivity contribution in [3.8, 4) is 11.3 Å². The third-order valence-corrected chi connectivity index (χ3v) is 3.86. The summed E-state index contributed by atoms with van der Waals surface area (Å²) < 4.78 is 1.07. The number of hydrogen-bond acceptors (Lipinski definition) is 3. The molecule has 0 radical (unpaired) electrons. The van der Waals surface area contributed by atoms with E-state index in [0.29, 0.717) is 5.92 Å². The molecule has 1 aromatic carbocycles. The summed E-state index contributed by atoms with van der Waals surface area (Å²) in [5.41, 5.74) is 2.13. The second kappa shape index (κ2) is 5.92. The molecule has 4 heteroatoms. The second-order valence-corrected chi connectivity index (χ2v) is 6.12. The molecule has 0 unspecified atom stereocenters. The van der Waals surface area contributed by atoms with Crippen molar-refractivity contribution in [3.63, 3.8) is 0 Å². The molecular formula is C16H18BrN3. The molecule has 1 aromatic heterocycles. The van der Waals surface area contributed by atoms with Gasteiger partial charge in [0.15, 0.2) is 0 Å². The topological polar surface area (TPSA) is 37.8 Å². The molecule has 1 saturated carbocycles.